The number of hydrogen-bond acceptors (Lipinski definition) is 6. The number of carbonyl (C=O) groups excluding carboxylic acids is 1. The zero-order chi connectivity index (χ0) is 24.1. The maximum Gasteiger partial charge on any atom is 0.441 e. The molecule has 0 saturated carbocycles. The fourth-order valence-electron chi connectivity index (χ4n) is 3.54. The summed E-state index contributed by atoms with van der Waals surface area (Å²) in [7, 11) is 3.10. The number of nitrogens with one attached hydrogen (secondary N) is 1. The Labute approximate surface area is 190 Å². The van der Waals surface area contributed by atoms with E-state index >= 15 is 0 Å². The number of nitrogens with zero attached hydrogens (tertiary/aromatic N) is 4. The number of ether oxygens (including phenoxy) is 2. The number of benzene rings is 1. The zero-order valence-electron chi connectivity index (χ0n) is 17.9. The summed E-state index contributed by atoms with van der Waals surface area (Å²) >= 11 is 0.214. The van der Waals surface area contributed by atoms with E-state index in [1.165, 1.54) is 6.08 Å². The predicted octanol–water partition coefficient (Wildman–Crippen LogP) is 4.29. The van der Waals surface area contributed by atoms with Crippen LogP contribution in [0.4, 0.5) is 13.2 Å². The van der Waals surface area contributed by atoms with Crippen molar-refractivity contribution in [1.82, 2.24) is 9.58 Å². The van der Waals surface area contributed by atoms with E-state index in [9.17, 15) is 18.0 Å². The molecule has 1 aromatic heterocycles. The maximum atomic E-state index is 13.0. The number of methoxy groups -OCH3 is 2. The molecule has 33 heavy (non-hydrogen) atoms. The Morgan fingerprint density at radius 1 is 1.15 bits per heavy atom. The summed E-state index contributed by atoms with van der Waals surface area (Å²) in [6, 6.07) is 7.13. The lowest BCUT2D eigenvalue weighted by Gasteiger charge is -2.20. The van der Waals surface area contributed by atoms with Gasteiger partial charge in [-0.1, -0.05) is 0 Å². The van der Waals surface area contributed by atoms with Gasteiger partial charge in [-0.25, -0.2) is 0 Å². The highest BCUT2D eigenvalue weighted by atomic mass is 32.2. The number of aryl methyl sites for hydroxylation is 1. The summed E-state index contributed by atoms with van der Waals surface area (Å²) in [5.41, 5.74) is 2.66. The van der Waals surface area contributed by atoms with Crippen LogP contribution in [0.2, 0.25) is 0 Å². The Kier molecular flexibility index (Phi) is 5.56. The van der Waals surface area contributed by atoms with E-state index in [0.29, 0.717) is 22.7 Å². The van der Waals surface area contributed by atoms with Gasteiger partial charge in [-0.05, 0) is 55.4 Å². The molecule has 1 N–H and O–H groups in total. The molecule has 3 heterocycles. The van der Waals surface area contributed by atoms with Gasteiger partial charge in [-0.15, -0.1) is 0 Å². The molecule has 172 valence electrons. The Morgan fingerprint density at radius 3 is 2.52 bits per heavy atom. The number of alkyl halides is 3. The normalized spacial score (nSPS) is 17.3. The van der Waals surface area contributed by atoms with Gasteiger partial charge in [0.15, 0.2) is 5.84 Å². The number of halogens is 3. The van der Waals surface area contributed by atoms with Crippen molar-refractivity contribution >= 4 is 39.8 Å². The fraction of sp³-hybridized carbons (Fsp3) is 0.238. The SMILES string of the molecule is COc1ccc(OC)c(-n2c(C)cc(/C=C3/C(=N)N4N=C(C(F)(F)F)SC4=NC3=O)c2C)c1. The van der Waals surface area contributed by atoms with Crippen LogP contribution in [0.1, 0.15) is 17.0 Å². The molecule has 2 aromatic rings. The molecule has 12 heteroatoms. The molecular formula is C21H18F3N5O3S. The third-order valence-corrected chi connectivity index (χ3v) is 6.05. The topological polar surface area (TPSA) is 92.3 Å². The second-order valence-corrected chi connectivity index (χ2v) is 8.08. The van der Waals surface area contributed by atoms with Gasteiger partial charge in [-0.2, -0.15) is 28.3 Å². The van der Waals surface area contributed by atoms with E-state index in [-0.39, 0.29) is 22.5 Å². The number of fused-ring (bicyclic) bond motifs is 1. The second kappa shape index (κ2) is 8.10. The first kappa shape index (κ1) is 22.6. The number of hydrogen-bond donors (Lipinski definition) is 1. The number of hydrazone groups is 1. The molecule has 4 rings (SSSR count). The highest BCUT2D eigenvalue weighted by Gasteiger charge is 2.46. The highest BCUT2D eigenvalue weighted by molar-refractivity contribution is 8.27. The Morgan fingerprint density at radius 2 is 1.88 bits per heavy atom. The van der Waals surface area contributed by atoms with Gasteiger partial charge < -0.3 is 14.0 Å². The van der Waals surface area contributed by atoms with Gasteiger partial charge in [0.05, 0.1) is 25.5 Å². The van der Waals surface area contributed by atoms with Crippen LogP contribution in [-0.2, 0) is 4.79 Å². The number of thioether (sulfide) groups is 1. The Hall–Kier alpha value is -3.54. The molecule has 2 aliphatic heterocycles. The number of aromatic nitrogens is 1. The Bertz CT molecular complexity index is 1280. The second-order valence-electron chi connectivity index (χ2n) is 7.12. The summed E-state index contributed by atoms with van der Waals surface area (Å²) in [6.07, 6.45) is -3.26. The smallest absolute Gasteiger partial charge is 0.441 e. The minimum Gasteiger partial charge on any atom is -0.497 e. The number of carbonyl (C=O) groups is 1. The Balaban J connectivity index is 1.77. The molecule has 1 aromatic carbocycles. The minimum absolute atomic E-state index is 0.163. The summed E-state index contributed by atoms with van der Waals surface area (Å²) in [5, 5.41) is 11.0. The summed E-state index contributed by atoms with van der Waals surface area (Å²) < 4.78 is 51.7. The quantitative estimate of drug-likeness (QED) is 0.664. The van der Waals surface area contributed by atoms with Crippen LogP contribution in [0.25, 0.3) is 11.8 Å². The van der Waals surface area contributed by atoms with Crippen LogP contribution in [0.3, 0.4) is 0 Å². The average Bonchev–Trinajstić information content (AvgIpc) is 3.31. The van der Waals surface area contributed by atoms with Crippen molar-refractivity contribution in [1.29, 1.82) is 5.41 Å². The lowest BCUT2D eigenvalue weighted by molar-refractivity contribution is -0.114. The molecule has 0 radical (unpaired) electrons. The monoisotopic (exact) mass is 477 g/mol. The lowest BCUT2D eigenvalue weighted by Crippen LogP contribution is -2.35. The van der Waals surface area contributed by atoms with Crippen molar-refractivity contribution in [2.75, 3.05) is 14.2 Å². The van der Waals surface area contributed by atoms with E-state index in [4.69, 9.17) is 14.9 Å². The van der Waals surface area contributed by atoms with Crippen LogP contribution in [0.15, 0.2) is 39.9 Å². The lowest BCUT2D eigenvalue weighted by atomic mass is 10.1. The summed E-state index contributed by atoms with van der Waals surface area (Å²) in [5.74, 6) is -0.0635. The van der Waals surface area contributed by atoms with E-state index < -0.39 is 23.0 Å². The van der Waals surface area contributed by atoms with Crippen LogP contribution >= 0.6 is 11.8 Å². The van der Waals surface area contributed by atoms with Crippen LogP contribution in [-0.4, -0.2) is 51.9 Å². The molecule has 0 aliphatic carbocycles. The van der Waals surface area contributed by atoms with Crippen molar-refractivity contribution in [3.8, 4) is 17.2 Å². The standard InChI is InChI=1S/C21H18F3N5O3S/c1-10-7-12(11(2)28(10)15-9-13(31-3)5-6-16(15)32-4)8-14-17(25)29-20(26-18(14)30)33-19(27-29)21(22,23)24/h5-9,25H,1-4H3/b14-8-,25-17?. The maximum absolute atomic E-state index is 13.0. The van der Waals surface area contributed by atoms with Gasteiger partial charge in [0.25, 0.3) is 5.91 Å². The van der Waals surface area contributed by atoms with Gasteiger partial charge in [0, 0.05) is 17.5 Å². The molecule has 1 amide bonds. The molecule has 0 unspecified atom stereocenters. The molecular weight excluding hydrogens is 459 g/mol. The molecule has 0 fully saturated rings. The molecule has 0 atom stereocenters. The third-order valence-electron chi connectivity index (χ3n) is 5.09. The van der Waals surface area contributed by atoms with Crippen LogP contribution in [0, 0.1) is 19.3 Å². The van der Waals surface area contributed by atoms with Crippen molar-refractivity contribution in [3.63, 3.8) is 0 Å². The first-order chi connectivity index (χ1) is 15.5. The number of amidine groups is 2. The van der Waals surface area contributed by atoms with Crippen molar-refractivity contribution < 1.29 is 27.4 Å². The first-order valence-corrected chi connectivity index (χ1v) is 10.4. The van der Waals surface area contributed by atoms with Crippen molar-refractivity contribution in [2.45, 2.75) is 20.0 Å². The first-order valence-electron chi connectivity index (χ1n) is 9.54. The minimum atomic E-state index is -4.70. The van der Waals surface area contributed by atoms with Crippen LogP contribution < -0.4 is 9.47 Å². The van der Waals surface area contributed by atoms with E-state index in [1.54, 1.807) is 38.5 Å². The van der Waals surface area contributed by atoms with E-state index in [0.717, 1.165) is 16.4 Å². The van der Waals surface area contributed by atoms with Gasteiger partial charge in [0.2, 0.25) is 10.2 Å². The van der Waals surface area contributed by atoms with Crippen molar-refractivity contribution in [3.05, 3.63) is 46.8 Å². The predicted molar refractivity (Wildman–Crippen MR) is 119 cm³/mol. The number of aliphatic imine (C=N–C) groups is 1. The van der Waals surface area contributed by atoms with E-state index in [2.05, 4.69) is 10.1 Å². The highest BCUT2D eigenvalue weighted by Crippen LogP contribution is 2.36. The summed E-state index contributed by atoms with van der Waals surface area (Å²) in [6.45, 7) is 3.67. The van der Waals surface area contributed by atoms with E-state index in [1.807, 2.05) is 18.4 Å². The number of rotatable bonds is 4. The average molecular weight is 477 g/mol. The largest absolute Gasteiger partial charge is 0.497 e. The molecule has 8 nitrogen and oxygen atoms in total. The van der Waals surface area contributed by atoms with Gasteiger partial charge in [-0.3, -0.25) is 10.2 Å². The summed E-state index contributed by atoms with van der Waals surface area (Å²) in [4.78, 5) is 16.3. The van der Waals surface area contributed by atoms with Crippen LogP contribution in [0.5, 0.6) is 11.5 Å². The molecule has 0 spiro atoms. The number of amides is 1. The van der Waals surface area contributed by atoms with Gasteiger partial charge >= 0.3 is 6.18 Å². The molecule has 2 aliphatic rings. The molecule has 0 saturated heterocycles. The van der Waals surface area contributed by atoms with Crippen molar-refractivity contribution in [2.24, 2.45) is 10.1 Å². The fourth-order valence-corrected chi connectivity index (χ4v) is 4.30. The van der Waals surface area contributed by atoms with Gasteiger partial charge in [0.1, 0.15) is 11.5 Å². The molecule has 0 bridgehead atoms. The zero-order valence-corrected chi connectivity index (χ0v) is 18.8. The third kappa shape index (κ3) is 3.90.